The number of hydrogen-bond donors (Lipinski definition) is 1. The van der Waals surface area contributed by atoms with Crippen LogP contribution < -0.4 is 5.32 Å². The molecule has 0 radical (unpaired) electrons. The first kappa shape index (κ1) is 15.2. The second-order valence-corrected chi connectivity index (χ2v) is 5.98. The fourth-order valence-corrected chi connectivity index (χ4v) is 1.84. The molecule has 1 aromatic carbocycles. The zero-order valence-electron chi connectivity index (χ0n) is 12.4. The second-order valence-electron chi connectivity index (χ2n) is 5.98. The minimum Gasteiger partial charge on any atom is -0.377 e. The normalized spacial score (nSPS) is 12.1. The number of rotatable bonds is 7. The summed E-state index contributed by atoms with van der Waals surface area (Å²) in [6.07, 6.45) is 1.16. The van der Waals surface area contributed by atoms with Crippen LogP contribution in [0.4, 0.5) is 0 Å². The van der Waals surface area contributed by atoms with E-state index in [2.05, 4.69) is 57.3 Å². The number of methoxy groups -OCH3 is 1. The van der Waals surface area contributed by atoms with Gasteiger partial charge >= 0.3 is 0 Å². The molecule has 1 aromatic rings. The van der Waals surface area contributed by atoms with Crippen molar-refractivity contribution in [2.24, 2.45) is 5.92 Å². The molecule has 0 spiro atoms. The zero-order chi connectivity index (χ0) is 13.6. The highest BCUT2D eigenvalue weighted by molar-refractivity contribution is 5.22. The Hall–Kier alpha value is -0.860. The lowest BCUT2D eigenvalue weighted by atomic mass is 10.0. The maximum atomic E-state index is 5.38. The summed E-state index contributed by atoms with van der Waals surface area (Å²) in [6.45, 7) is 10.4. The van der Waals surface area contributed by atoms with E-state index in [0.717, 1.165) is 25.4 Å². The molecule has 0 aliphatic rings. The molecule has 0 saturated heterocycles. The zero-order valence-corrected chi connectivity index (χ0v) is 12.4. The van der Waals surface area contributed by atoms with Gasteiger partial charge in [-0.3, -0.25) is 0 Å². The average molecular weight is 249 g/mol. The van der Waals surface area contributed by atoms with E-state index in [1.54, 1.807) is 7.11 Å². The smallest absolute Gasteiger partial charge is 0.0746 e. The van der Waals surface area contributed by atoms with Crippen molar-refractivity contribution in [2.45, 2.75) is 46.3 Å². The van der Waals surface area contributed by atoms with Crippen LogP contribution in [0.3, 0.4) is 0 Å². The highest BCUT2D eigenvalue weighted by Gasteiger charge is 2.14. The minimum absolute atomic E-state index is 0.0996. The third-order valence-electron chi connectivity index (χ3n) is 3.10. The number of ether oxygens (including phenoxy) is 1. The summed E-state index contributed by atoms with van der Waals surface area (Å²) < 4.78 is 5.38. The van der Waals surface area contributed by atoms with Gasteiger partial charge in [0.25, 0.3) is 0 Å². The molecule has 0 atom stereocenters. The van der Waals surface area contributed by atoms with Crippen LogP contribution in [-0.4, -0.2) is 19.3 Å². The molecule has 0 fully saturated rings. The Morgan fingerprint density at radius 3 is 2.17 bits per heavy atom. The second kappa shape index (κ2) is 6.91. The minimum atomic E-state index is -0.0996. The SMILES string of the molecule is COC(C)(C)CNCc1ccc(CC(C)C)cc1. The molecule has 0 aliphatic carbocycles. The predicted octanol–water partition coefficient (Wildman–Crippen LogP) is 3.40. The molecule has 0 saturated carbocycles. The van der Waals surface area contributed by atoms with Crippen molar-refractivity contribution in [1.82, 2.24) is 5.32 Å². The summed E-state index contributed by atoms with van der Waals surface area (Å²) in [5.74, 6) is 0.719. The van der Waals surface area contributed by atoms with Gasteiger partial charge in [0.2, 0.25) is 0 Å². The van der Waals surface area contributed by atoms with E-state index in [1.165, 1.54) is 11.1 Å². The van der Waals surface area contributed by atoms with Crippen molar-refractivity contribution >= 4 is 0 Å². The van der Waals surface area contributed by atoms with E-state index < -0.39 is 0 Å². The van der Waals surface area contributed by atoms with Crippen molar-refractivity contribution < 1.29 is 4.74 Å². The summed E-state index contributed by atoms with van der Waals surface area (Å²) in [4.78, 5) is 0. The van der Waals surface area contributed by atoms with Gasteiger partial charge in [0.05, 0.1) is 5.60 Å². The fourth-order valence-electron chi connectivity index (χ4n) is 1.84. The summed E-state index contributed by atoms with van der Waals surface area (Å²) in [7, 11) is 1.75. The Labute approximate surface area is 112 Å². The Balaban J connectivity index is 2.40. The summed E-state index contributed by atoms with van der Waals surface area (Å²) in [5, 5.41) is 3.43. The fraction of sp³-hybridized carbons (Fsp3) is 0.625. The highest BCUT2D eigenvalue weighted by atomic mass is 16.5. The van der Waals surface area contributed by atoms with Crippen LogP contribution in [0.25, 0.3) is 0 Å². The van der Waals surface area contributed by atoms with E-state index >= 15 is 0 Å². The average Bonchev–Trinajstić information content (AvgIpc) is 2.30. The molecule has 1 rings (SSSR count). The molecule has 18 heavy (non-hydrogen) atoms. The van der Waals surface area contributed by atoms with Crippen LogP contribution in [0, 0.1) is 5.92 Å². The van der Waals surface area contributed by atoms with Crippen LogP contribution in [0.15, 0.2) is 24.3 Å². The molecular formula is C16H27NO. The van der Waals surface area contributed by atoms with E-state index in [9.17, 15) is 0 Å². The Morgan fingerprint density at radius 2 is 1.67 bits per heavy atom. The lowest BCUT2D eigenvalue weighted by Crippen LogP contribution is -2.36. The first-order chi connectivity index (χ1) is 8.43. The van der Waals surface area contributed by atoms with Crippen molar-refractivity contribution in [3.05, 3.63) is 35.4 Å². The van der Waals surface area contributed by atoms with Crippen LogP contribution in [0.5, 0.6) is 0 Å². The van der Waals surface area contributed by atoms with Crippen LogP contribution in [-0.2, 0) is 17.7 Å². The van der Waals surface area contributed by atoms with Gasteiger partial charge < -0.3 is 10.1 Å². The van der Waals surface area contributed by atoms with Gasteiger partial charge in [0.15, 0.2) is 0 Å². The Morgan fingerprint density at radius 1 is 1.11 bits per heavy atom. The van der Waals surface area contributed by atoms with Gasteiger partial charge in [-0.25, -0.2) is 0 Å². The summed E-state index contributed by atoms with van der Waals surface area (Å²) in [6, 6.07) is 8.89. The molecule has 0 bridgehead atoms. The molecule has 0 amide bonds. The van der Waals surface area contributed by atoms with Gasteiger partial charge in [-0.15, -0.1) is 0 Å². The van der Waals surface area contributed by atoms with Crippen LogP contribution in [0.2, 0.25) is 0 Å². The van der Waals surface area contributed by atoms with Crippen molar-refractivity contribution in [3.8, 4) is 0 Å². The van der Waals surface area contributed by atoms with Crippen LogP contribution >= 0.6 is 0 Å². The van der Waals surface area contributed by atoms with Crippen molar-refractivity contribution in [1.29, 1.82) is 0 Å². The lowest BCUT2D eigenvalue weighted by molar-refractivity contribution is 0.0230. The van der Waals surface area contributed by atoms with Gasteiger partial charge in [-0.1, -0.05) is 38.1 Å². The molecule has 102 valence electrons. The molecule has 0 heterocycles. The van der Waals surface area contributed by atoms with E-state index in [-0.39, 0.29) is 5.60 Å². The van der Waals surface area contributed by atoms with Gasteiger partial charge in [-0.05, 0) is 37.3 Å². The first-order valence-electron chi connectivity index (χ1n) is 6.76. The topological polar surface area (TPSA) is 21.3 Å². The summed E-state index contributed by atoms with van der Waals surface area (Å²) >= 11 is 0. The van der Waals surface area contributed by atoms with E-state index in [4.69, 9.17) is 4.74 Å². The third-order valence-corrected chi connectivity index (χ3v) is 3.10. The first-order valence-corrected chi connectivity index (χ1v) is 6.76. The predicted molar refractivity (Wildman–Crippen MR) is 77.8 cm³/mol. The molecule has 2 heteroatoms. The number of hydrogen-bond acceptors (Lipinski definition) is 2. The molecule has 2 nitrogen and oxygen atoms in total. The van der Waals surface area contributed by atoms with E-state index in [1.807, 2.05) is 0 Å². The Kier molecular flexibility index (Phi) is 5.83. The Bertz CT molecular complexity index is 341. The quantitative estimate of drug-likeness (QED) is 0.799. The van der Waals surface area contributed by atoms with Crippen molar-refractivity contribution in [3.63, 3.8) is 0 Å². The van der Waals surface area contributed by atoms with Gasteiger partial charge in [0, 0.05) is 20.2 Å². The maximum Gasteiger partial charge on any atom is 0.0746 e. The lowest BCUT2D eigenvalue weighted by Gasteiger charge is -2.23. The number of benzene rings is 1. The molecule has 1 N–H and O–H groups in total. The maximum absolute atomic E-state index is 5.38. The summed E-state index contributed by atoms with van der Waals surface area (Å²) in [5.41, 5.74) is 2.65. The molecule has 0 unspecified atom stereocenters. The number of nitrogens with one attached hydrogen (secondary N) is 1. The largest absolute Gasteiger partial charge is 0.377 e. The standard InChI is InChI=1S/C16H27NO/c1-13(2)10-14-6-8-15(9-7-14)11-17-12-16(3,4)18-5/h6-9,13,17H,10-12H2,1-5H3. The van der Waals surface area contributed by atoms with Gasteiger partial charge in [-0.2, -0.15) is 0 Å². The molecule has 0 aromatic heterocycles. The van der Waals surface area contributed by atoms with Crippen molar-refractivity contribution in [2.75, 3.05) is 13.7 Å². The van der Waals surface area contributed by atoms with Gasteiger partial charge in [0.1, 0.15) is 0 Å². The molecule has 0 aliphatic heterocycles. The van der Waals surface area contributed by atoms with Crippen LogP contribution in [0.1, 0.15) is 38.8 Å². The molecular weight excluding hydrogens is 222 g/mol. The monoisotopic (exact) mass is 249 g/mol. The van der Waals surface area contributed by atoms with E-state index in [0.29, 0.717) is 0 Å². The highest BCUT2D eigenvalue weighted by Crippen LogP contribution is 2.10. The third kappa shape index (κ3) is 5.65.